The largest absolute Gasteiger partial charge is 0.546 e. The van der Waals surface area contributed by atoms with Crippen LogP contribution in [0.25, 0.3) is 5.65 Å². The lowest BCUT2D eigenvalue weighted by atomic mass is 10.1. The van der Waals surface area contributed by atoms with Gasteiger partial charge in [0.2, 0.25) is 0 Å². The van der Waals surface area contributed by atoms with Gasteiger partial charge >= 0.3 is 0 Å². The van der Waals surface area contributed by atoms with Gasteiger partial charge < -0.3 is 14.6 Å². The standard InChI is InChI=1S/C19H18N4O4/c1-12(14-6-5-7-15(10-14)27-11-17(24)25)21-22-19(26)18-13(2)20-16-8-3-4-9-23(16)18/h3-10H,11H2,1-2H3,(H,22,26)(H,24,25)/p-1/b21-12-. The molecule has 0 fully saturated rings. The van der Waals surface area contributed by atoms with Gasteiger partial charge in [-0.1, -0.05) is 18.2 Å². The van der Waals surface area contributed by atoms with E-state index < -0.39 is 12.6 Å². The van der Waals surface area contributed by atoms with E-state index in [2.05, 4.69) is 15.5 Å². The van der Waals surface area contributed by atoms with Gasteiger partial charge in [0.05, 0.1) is 17.4 Å². The van der Waals surface area contributed by atoms with Crippen molar-refractivity contribution in [3.63, 3.8) is 0 Å². The first kappa shape index (κ1) is 18.1. The number of fused-ring (bicyclic) bond motifs is 1. The first-order chi connectivity index (χ1) is 13.0. The van der Waals surface area contributed by atoms with Gasteiger partial charge in [-0.25, -0.2) is 10.4 Å². The van der Waals surface area contributed by atoms with Gasteiger partial charge in [0.25, 0.3) is 5.91 Å². The topological polar surface area (TPSA) is 108 Å². The fraction of sp³-hybridized carbons (Fsp3) is 0.158. The molecule has 27 heavy (non-hydrogen) atoms. The summed E-state index contributed by atoms with van der Waals surface area (Å²) < 4.78 is 6.79. The fourth-order valence-corrected chi connectivity index (χ4v) is 2.59. The van der Waals surface area contributed by atoms with E-state index in [0.29, 0.717) is 34.1 Å². The maximum atomic E-state index is 12.5. The molecule has 3 aromatic rings. The van der Waals surface area contributed by atoms with Crippen molar-refractivity contribution in [1.82, 2.24) is 14.8 Å². The van der Waals surface area contributed by atoms with Crippen LogP contribution in [0, 0.1) is 6.92 Å². The Morgan fingerprint density at radius 2 is 2.07 bits per heavy atom. The third-order valence-electron chi connectivity index (χ3n) is 3.85. The van der Waals surface area contributed by atoms with Gasteiger partial charge in [0.15, 0.2) is 0 Å². The second-order valence-corrected chi connectivity index (χ2v) is 5.80. The number of aliphatic carboxylic acids is 1. The van der Waals surface area contributed by atoms with Crippen molar-refractivity contribution in [2.45, 2.75) is 13.8 Å². The summed E-state index contributed by atoms with van der Waals surface area (Å²) in [6.45, 7) is 2.94. The maximum absolute atomic E-state index is 12.5. The van der Waals surface area contributed by atoms with Gasteiger partial charge in [0.1, 0.15) is 23.7 Å². The van der Waals surface area contributed by atoms with Crippen molar-refractivity contribution in [3.05, 3.63) is 65.6 Å². The summed E-state index contributed by atoms with van der Waals surface area (Å²) in [6, 6.07) is 12.2. The first-order valence-electron chi connectivity index (χ1n) is 8.17. The predicted molar refractivity (Wildman–Crippen MR) is 96.6 cm³/mol. The summed E-state index contributed by atoms with van der Waals surface area (Å²) in [5, 5.41) is 14.6. The van der Waals surface area contributed by atoms with Crippen molar-refractivity contribution in [3.8, 4) is 5.75 Å². The number of carboxylic acids is 1. The lowest BCUT2D eigenvalue weighted by Crippen LogP contribution is -2.28. The first-order valence-corrected chi connectivity index (χ1v) is 8.17. The number of hydrazone groups is 1. The molecule has 0 saturated heterocycles. The molecule has 0 aliphatic rings. The number of aromatic nitrogens is 2. The maximum Gasteiger partial charge on any atom is 0.290 e. The van der Waals surface area contributed by atoms with E-state index in [0.717, 1.165) is 0 Å². The van der Waals surface area contributed by atoms with Gasteiger partial charge in [0, 0.05) is 11.8 Å². The van der Waals surface area contributed by atoms with Crippen LogP contribution >= 0.6 is 0 Å². The van der Waals surface area contributed by atoms with E-state index in [4.69, 9.17) is 4.74 Å². The van der Waals surface area contributed by atoms with Crippen molar-refractivity contribution in [1.29, 1.82) is 0 Å². The number of hydrogen-bond donors (Lipinski definition) is 1. The number of benzene rings is 1. The molecule has 1 N–H and O–H groups in total. The highest BCUT2D eigenvalue weighted by atomic mass is 16.5. The van der Waals surface area contributed by atoms with Crippen molar-refractivity contribution < 1.29 is 19.4 Å². The number of ether oxygens (including phenoxy) is 1. The van der Waals surface area contributed by atoms with Gasteiger partial charge in [-0.2, -0.15) is 5.10 Å². The molecule has 0 aliphatic heterocycles. The number of imidazole rings is 1. The Morgan fingerprint density at radius 1 is 1.26 bits per heavy atom. The normalized spacial score (nSPS) is 11.4. The summed E-state index contributed by atoms with van der Waals surface area (Å²) in [6.07, 6.45) is 1.76. The van der Waals surface area contributed by atoms with Crippen LogP contribution in [-0.2, 0) is 4.79 Å². The van der Waals surface area contributed by atoms with Gasteiger partial charge in [-0.05, 0) is 38.1 Å². The number of amides is 1. The quantitative estimate of drug-likeness (QED) is 0.516. The third-order valence-corrected chi connectivity index (χ3v) is 3.85. The van der Waals surface area contributed by atoms with Crippen LogP contribution in [0.15, 0.2) is 53.8 Å². The molecule has 0 saturated carbocycles. The van der Waals surface area contributed by atoms with E-state index in [1.807, 2.05) is 18.2 Å². The Hall–Kier alpha value is -3.68. The average Bonchev–Trinajstić information content (AvgIpc) is 3.00. The summed E-state index contributed by atoms with van der Waals surface area (Å²) in [7, 11) is 0. The van der Waals surface area contributed by atoms with E-state index in [1.165, 1.54) is 0 Å². The number of hydrogen-bond acceptors (Lipinski definition) is 6. The summed E-state index contributed by atoms with van der Waals surface area (Å²) in [4.78, 5) is 27.4. The Labute approximate surface area is 155 Å². The molecule has 2 aromatic heterocycles. The van der Waals surface area contributed by atoms with Crippen LogP contribution in [0.4, 0.5) is 0 Å². The number of pyridine rings is 1. The summed E-state index contributed by atoms with van der Waals surface area (Å²) >= 11 is 0. The molecule has 0 aliphatic carbocycles. The minimum atomic E-state index is -1.30. The van der Waals surface area contributed by atoms with E-state index in [-0.39, 0.29) is 5.91 Å². The number of nitrogens with one attached hydrogen (secondary N) is 1. The molecule has 1 amide bonds. The lowest BCUT2D eigenvalue weighted by Gasteiger charge is -2.08. The molecule has 8 nitrogen and oxygen atoms in total. The van der Waals surface area contributed by atoms with Crippen LogP contribution in [0.5, 0.6) is 5.75 Å². The van der Waals surface area contributed by atoms with Gasteiger partial charge in [-0.3, -0.25) is 9.20 Å². The lowest BCUT2D eigenvalue weighted by molar-refractivity contribution is -0.307. The molecule has 0 bridgehead atoms. The van der Waals surface area contributed by atoms with Crippen molar-refractivity contribution in [2.75, 3.05) is 6.61 Å². The Kier molecular flexibility index (Phi) is 5.16. The Bertz CT molecular complexity index is 1040. The number of rotatable bonds is 6. The van der Waals surface area contributed by atoms with E-state index >= 15 is 0 Å². The zero-order valence-corrected chi connectivity index (χ0v) is 14.8. The van der Waals surface area contributed by atoms with Crippen molar-refractivity contribution in [2.24, 2.45) is 5.10 Å². The molecule has 1 aromatic carbocycles. The molecular formula is C19H17N4O4-. The summed E-state index contributed by atoms with van der Waals surface area (Å²) in [5.41, 5.74) is 5.44. The molecule has 138 valence electrons. The smallest absolute Gasteiger partial charge is 0.290 e. The number of carbonyl (C=O) groups excluding carboxylic acids is 2. The third kappa shape index (κ3) is 4.12. The monoisotopic (exact) mass is 365 g/mol. The molecule has 0 spiro atoms. The Balaban J connectivity index is 1.77. The molecule has 0 atom stereocenters. The zero-order chi connectivity index (χ0) is 19.4. The van der Waals surface area contributed by atoms with Gasteiger partial charge in [-0.15, -0.1) is 0 Å². The van der Waals surface area contributed by atoms with Crippen LogP contribution < -0.4 is 15.3 Å². The average molecular weight is 365 g/mol. The number of carbonyl (C=O) groups is 2. The number of nitrogens with zero attached hydrogens (tertiary/aromatic N) is 3. The molecule has 2 heterocycles. The predicted octanol–water partition coefficient (Wildman–Crippen LogP) is 0.925. The van der Waals surface area contributed by atoms with Crippen LogP contribution in [0.1, 0.15) is 28.7 Å². The van der Waals surface area contributed by atoms with E-state index in [1.54, 1.807) is 48.7 Å². The molecule has 0 unspecified atom stereocenters. The summed E-state index contributed by atoms with van der Waals surface area (Å²) in [5.74, 6) is -1.31. The highest BCUT2D eigenvalue weighted by Crippen LogP contribution is 2.14. The highest BCUT2D eigenvalue weighted by Gasteiger charge is 2.15. The second kappa shape index (κ2) is 7.69. The van der Waals surface area contributed by atoms with Crippen LogP contribution in [-0.4, -0.2) is 33.6 Å². The molecule has 3 rings (SSSR count). The van der Waals surface area contributed by atoms with Crippen LogP contribution in [0.2, 0.25) is 0 Å². The minimum absolute atomic E-state index is 0.371. The minimum Gasteiger partial charge on any atom is -0.546 e. The molecule has 8 heteroatoms. The SMILES string of the molecule is C/C(=N/NC(=O)c1c(C)nc2ccccn12)c1cccc(OCC(=O)[O-])c1. The fourth-order valence-electron chi connectivity index (χ4n) is 2.59. The van der Waals surface area contributed by atoms with Crippen LogP contribution in [0.3, 0.4) is 0 Å². The number of aryl methyl sites for hydroxylation is 1. The second-order valence-electron chi connectivity index (χ2n) is 5.80. The highest BCUT2D eigenvalue weighted by molar-refractivity contribution is 6.01. The zero-order valence-electron chi connectivity index (χ0n) is 14.8. The van der Waals surface area contributed by atoms with Crippen molar-refractivity contribution >= 4 is 23.2 Å². The Morgan fingerprint density at radius 3 is 2.85 bits per heavy atom. The molecular weight excluding hydrogens is 348 g/mol. The van der Waals surface area contributed by atoms with E-state index in [9.17, 15) is 14.7 Å². The molecule has 0 radical (unpaired) electrons. The number of carboxylic acid groups (broad SMARTS) is 1.